The van der Waals surface area contributed by atoms with Crippen molar-refractivity contribution in [1.29, 1.82) is 0 Å². The van der Waals surface area contributed by atoms with E-state index < -0.39 is 34.0 Å². The fourth-order valence-corrected chi connectivity index (χ4v) is 1.49. The number of nitrogen functional groups attached to an aromatic ring is 1. The summed E-state index contributed by atoms with van der Waals surface area (Å²) in [6.45, 7) is 1.13. The standard InChI is InChI=1S/C10H9ClF3NO2/c1-2-17-9(16)10(13,14)7-5(11)3-4-6(12)8(7)15/h3-4H,2,15H2,1H3. The molecule has 94 valence electrons. The summed E-state index contributed by atoms with van der Waals surface area (Å²) in [4.78, 5) is 11.1. The van der Waals surface area contributed by atoms with E-state index in [4.69, 9.17) is 17.3 Å². The molecule has 0 aliphatic carbocycles. The zero-order chi connectivity index (χ0) is 13.2. The van der Waals surface area contributed by atoms with Crippen LogP contribution < -0.4 is 5.73 Å². The average molecular weight is 268 g/mol. The summed E-state index contributed by atoms with van der Waals surface area (Å²) >= 11 is 5.50. The lowest BCUT2D eigenvalue weighted by Gasteiger charge is -2.18. The van der Waals surface area contributed by atoms with Gasteiger partial charge in [-0.25, -0.2) is 9.18 Å². The molecule has 1 aromatic carbocycles. The maximum absolute atomic E-state index is 13.6. The number of esters is 1. The first kappa shape index (κ1) is 13.6. The third-order valence-electron chi connectivity index (χ3n) is 1.99. The Morgan fingerprint density at radius 2 is 2.12 bits per heavy atom. The van der Waals surface area contributed by atoms with E-state index in [1.807, 2.05) is 0 Å². The minimum Gasteiger partial charge on any atom is -0.461 e. The summed E-state index contributed by atoms with van der Waals surface area (Å²) in [5, 5.41) is -0.498. The summed E-state index contributed by atoms with van der Waals surface area (Å²) in [6, 6.07) is 1.73. The van der Waals surface area contributed by atoms with Crippen LogP contribution in [0.3, 0.4) is 0 Å². The van der Waals surface area contributed by atoms with Crippen molar-refractivity contribution in [3.63, 3.8) is 0 Å². The molecule has 1 aromatic rings. The molecule has 0 aliphatic heterocycles. The molecule has 0 aliphatic rings. The van der Waals surface area contributed by atoms with E-state index >= 15 is 0 Å². The molecule has 0 aromatic heterocycles. The third kappa shape index (κ3) is 2.46. The highest BCUT2D eigenvalue weighted by molar-refractivity contribution is 6.32. The summed E-state index contributed by atoms with van der Waals surface area (Å²) in [5.41, 5.74) is 3.22. The Bertz CT molecular complexity index is 451. The van der Waals surface area contributed by atoms with Gasteiger partial charge in [0.05, 0.1) is 22.9 Å². The number of halogens is 4. The monoisotopic (exact) mass is 267 g/mol. The molecule has 0 bridgehead atoms. The highest BCUT2D eigenvalue weighted by Crippen LogP contribution is 2.39. The Balaban J connectivity index is 3.32. The van der Waals surface area contributed by atoms with Crippen LogP contribution in [-0.2, 0) is 15.5 Å². The molecule has 0 unspecified atom stereocenters. The lowest BCUT2D eigenvalue weighted by molar-refractivity contribution is -0.173. The molecule has 17 heavy (non-hydrogen) atoms. The number of carbonyl (C=O) groups excluding carboxylic acids is 1. The van der Waals surface area contributed by atoms with Gasteiger partial charge in [-0.15, -0.1) is 0 Å². The van der Waals surface area contributed by atoms with Crippen molar-refractivity contribution in [2.24, 2.45) is 0 Å². The number of hydrogen-bond acceptors (Lipinski definition) is 3. The first-order chi connectivity index (χ1) is 7.82. The molecule has 0 heterocycles. The molecule has 1 rings (SSSR count). The second kappa shape index (κ2) is 4.83. The van der Waals surface area contributed by atoms with Crippen molar-refractivity contribution in [3.8, 4) is 0 Å². The van der Waals surface area contributed by atoms with Crippen molar-refractivity contribution in [2.75, 3.05) is 12.3 Å². The molecule has 0 atom stereocenters. The van der Waals surface area contributed by atoms with E-state index in [0.717, 1.165) is 12.1 Å². The molecular formula is C10H9ClF3NO2. The van der Waals surface area contributed by atoms with E-state index in [2.05, 4.69) is 4.74 Å². The van der Waals surface area contributed by atoms with Gasteiger partial charge in [0.15, 0.2) is 0 Å². The van der Waals surface area contributed by atoms with Crippen molar-refractivity contribution in [3.05, 3.63) is 28.5 Å². The summed E-state index contributed by atoms with van der Waals surface area (Å²) in [7, 11) is 0. The second-order valence-electron chi connectivity index (χ2n) is 3.11. The molecule has 2 N–H and O–H groups in total. The lowest BCUT2D eigenvalue weighted by atomic mass is 10.1. The maximum Gasteiger partial charge on any atom is 0.382 e. The zero-order valence-corrected chi connectivity index (χ0v) is 9.52. The Morgan fingerprint density at radius 1 is 1.53 bits per heavy atom. The van der Waals surface area contributed by atoms with E-state index in [0.29, 0.717) is 0 Å². The Kier molecular flexibility index (Phi) is 3.87. The fourth-order valence-electron chi connectivity index (χ4n) is 1.21. The molecule has 0 saturated heterocycles. The van der Waals surface area contributed by atoms with Crippen molar-refractivity contribution in [1.82, 2.24) is 0 Å². The van der Waals surface area contributed by atoms with Gasteiger partial charge in [0.25, 0.3) is 0 Å². The zero-order valence-electron chi connectivity index (χ0n) is 8.77. The van der Waals surface area contributed by atoms with Crippen molar-refractivity contribution < 1.29 is 22.7 Å². The normalized spacial score (nSPS) is 11.4. The van der Waals surface area contributed by atoms with Crippen LogP contribution in [0.4, 0.5) is 18.9 Å². The molecule has 0 fully saturated rings. The van der Waals surface area contributed by atoms with Crippen LogP contribution in [0.5, 0.6) is 0 Å². The lowest BCUT2D eigenvalue weighted by Crippen LogP contribution is -2.30. The first-order valence-corrected chi connectivity index (χ1v) is 4.99. The number of ether oxygens (including phenoxy) is 1. The first-order valence-electron chi connectivity index (χ1n) is 4.61. The van der Waals surface area contributed by atoms with Gasteiger partial charge in [-0.2, -0.15) is 8.78 Å². The molecule has 0 amide bonds. The quantitative estimate of drug-likeness (QED) is 0.677. The summed E-state index contributed by atoms with van der Waals surface area (Å²) in [6.07, 6.45) is 0. The van der Waals surface area contributed by atoms with Gasteiger partial charge >= 0.3 is 11.9 Å². The number of benzene rings is 1. The van der Waals surface area contributed by atoms with Gasteiger partial charge in [0, 0.05) is 0 Å². The topological polar surface area (TPSA) is 52.3 Å². The van der Waals surface area contributed by atoms with Gasteiger partial charge in [0.2, 0.25) is 0 Å². The molecule has 0 spiro atoms. The van der Waals surface area contributed by atoms with E-state index in [1.165, 1.54) is 6.92 Å². The largest absolute Gasteiger partial charge is 0.461 e. The van der Waals surface area contributed by atoms with Crippen LogP contribution in [0.15, 0.2) is 12.1 Å². The van der Waals surface area contributed by atoms with Gasteiger partial charge in [-0.1, -0.05) is 11.6 Å². The molecule has 3 nitrogen and oxygen atoms in total. The fraction of sp³-hybridized carbons (Fsp3) is 0.300. The molecule has 0 radical (unpaired) electrons. The van der Waals surface area contributed by atoms with Gasteiger partial charge < -0.3 is 10.5 Å². The van der Waals surface area contributed by atoms with Crippen LogP contribution in [0.2, 0.25) is 5.02 Å². The Labute approximate surface area is 100 Å². The number of alkyl halides is 2. The molecular weight excluding hydrogens is 259 g/mol. The van der Waals surface area contributed by atoms with Gasteiger partial charge in [-0.3, -0.25) is 0 Å². The van der Waals surface area contributed by atoms with Crippen molar-refractivity contribution in [2.45, 2.75) is 12.8 Å². The molecule has 0 saturated carbocycles. The summed E-state index contributed by atoms with van der Waals surface area (Å²) in [5.74, 6) is -6.98. The predicted octanol–water partition coefficient (Wildman–Crippen LogP) is 2.72. The van der Waals surface area contributed by atoms with Gasteiger partial charge in [-0.05, 0) is 19.1 Å². The minimum absolute atomic E-state index is 0.235. The number of anilines is 1. The van der Waals surface area contributed by atoms with E-state index in [9.17, 15) is 18.0 Å². The van der Waals surface area contributed by atoms with Crippen LogP contribution >= 0.6 is 11.6 Å². The Hall–Kier alpha value is -1.43. The SMILES string of the molecule is CCOC(=O)C(F)(F)c1c(Cl)ccc(F)c1N. The van der Waals surface area contributed by atoms with E-state index in [-0.39, 0.29) is 6.61 Å². The summed E-state index contributed by atoms with van der Waals surface area (Å²) < 4.78 is 44.5. The second-order valence-corrected chi connectivity index (χ2v) is 3.52. The Morgan fingerprint density at radius 3 is 2.65 bits per heavy atom. The van der Waals surface area contributed by atoms with Crippen LogP contribution in [0.25, 0.3) is 0 Å². The van der Waals surface area contributed by atoms with Crippen LogP contribution in [-0.4, -0.2) is 12.6 Å². The van der Waals surface area contributed by atoms with Crippen molar-refractivity contribution >= 4 is 23.3 Å². The third-order valence-corrected chi connectivity index (χ3v) is 2.30. The van der Waals surface area contributed by atoms with Crippen LogP contribution in [0.1, 0.15) is 12.5 Å². The highest BCUT2D eigenvalue weighted by Gasteiger charge is 2.46. The van der Waals surface area contributed by atoms with E-state index in [1.54, 1.807) is 0 Å². The maximum atomic E-state index is 13.6. The van der Waals surface area contributed by atoms with Gasteiger partial charge in [0.1, 0.15) is 5.82 Å². The minimum atomic E-state index is -4.08. The average Bonchev–Trinajstić information content (AvgIpc) is 2.24. The number of rotatable bonds is 3. The number of carbonyl (C=O) groups is 1. The smallest absolute Gasteiger partial charge is 0.382 e. The highest BCUT2D eigenvalue weighted by atomic mass is 35.5. The molecule has 7 heteroatoms. The number of hydrogen-bond donors (Lipinski definition) is 1. The predicted molar refractivity (Wildman–Crippen MR) is 56.3 cm³/mol. The van der Waals surface area contributed by atoms with Crippen LogP contribution in [0, 0.1) is 5.82 Å². The number of nitrogens with two attached hydrogens (primary N) is 1.